The molecule has 1 aliphatic carbocycles. The molecule has 0 aliphatic heterocycles. The topological polar surface area (TPSA) is 67.9 Å². The Hall–Kier alpha value is -2.54. The zero-order valence-electron chi connectivity index (χ0n) is 20.1. The molecule has 0 spiro atoms. The Morgan fingerprint density at radius 1 is 1.03 bits per heavy atom. The molecule has 7 heteroatoms. The Kier molecular flexibility index (Phi) is 10.3. The summed E-state index contributed by atoms with van der Waals surface area (Å²) >= 11 is 3.45. The van der Waals surface area contributed by atoms with E-state index in [2.05, 4.69) is 21.2 Å². The minimum atomic E-state index is -0.541. The Bertz CT molecular complexity index is 911. The summed E-state index contributed by atoms with van der Waals surface area (Å²) in [6.07, 6.45) is 6.44. The number of benzene rings is 2. The van der Waals surface area contributed by atoms with E-state index in [1.54, 1.807) is 12.0 Å². The molecule has 1 fully saturated rings. The lowest BCUT2D eigenvalue weighted by Gasteiger charge is -2.31. The maximum absolute atomic E-state index is 13.2. The zero-order valence-corrected chi connectivity index (χ0v) is 21.7. The van der Waals surface area contributed by atoms with Gasteiger partial charge in [-0.15, -0.1) is 0 Å². The molecule has 0 aromatic heterocycles. The average Bonchev–Trinajstić information content (AvgIpc) is 2.86. The van der Waals surface area contributed by atoms with Gasteiger partial charge in [0.15, 0.2) is 0 Å². The molecule has 1 atom stereocenters. The van der Waals surface area contributed by atoms with Crippen molar-refractivity contribution in [3.8, 4) is 11.5 Å². The van der Waals surface area contributed by atoms with Gasteiger partial charge >= 0.3 is 0 Å². The van der Waals surface area contributed by atoms with Crippen molar-refractivity contribution in [2.24, 2.45) is 0 Å². The summed E-state index contributed by atoms with van der Waals surface area (Å²) in [6.45, 7) is 2.64. The molecular formula is C27H35BrN2O4. The van der Waals surface area contributed by atoms with Crippen LogP contribution in [0.3, 0.4) is 0 Å². The molecule has 0 radical (unpaired) electrons. The molecule has 0 heterocycles. The third-order valence-corrected chi connectivity index (χ3v) is 6.78. The summed E-state index contributed by atoms with van der Waals surface area (Å²) < 4.78 is 11.9. The number of amides is 2. The van der Waals surface area contributed by atoms with Crippen LogP contribution in [0.4, 0.5) is 0 Å². The van der Waals surface area contributed by atoms with Gasteiger partial charge in [-0.2, -0.15) is 0 Å². The van der Waals surface area contributed by atoms with Crippen LogP contribution in [-0.4, -0.2) is 42.5 Å². The number of halogens is 1. The second-order valence-corrected chi connectivity index (χ2v) is 9.71. The molecule has 2 aromatic rings. The van der Waals surface area contributed by atoms with Crippen molar-refractivity contribution in [1.29, 1.82) is 0 Å². The van der Waals surface area contributed by atoms with E-state index in [1.165, 1.54) is 6.42 Å². The lowest BCUT2D eigenvalue weighted by molar-refractivity contribution is -0.141. The van der Waals surface area contributed by atoms with Gasteiger partial charge in [-0.25, -0.2) is 0 Å². The first-order valence-electron chi connectivity index (χ1n) is 12.1. The first-order valence-corrected chi connectivity index (χ1v) is 12.9. The van der Waals surface area contributed by atoms with Crippen LogP contribution < -0.4 is 14.8 Å². The van der Waals surface area contributed by atoms with Crippen LogP contribution >= 0.6 is 15.9 Å². The Morgan fingerprint density at radius 3 is 2.32 bits per heavy atom. The third-order valence-electron chi connectivity index (χ3n) is 6.25. The molecule has 1 saturated carbocycles. The highest BCUT2D eigenvalue weighted by atomic mass is 79.9. The summed E-state index contributed by atoms with van der Waals surface area (Å²) in [5, 5.41) is 3.17. The predicted octanol–water partition coefficient (Wildman–Crippen LogP) is 5.48. The molecular weight excluding hydrogens is 496 g/mol. The lowest BCUT2D eigenvalue weighted by atomic mass is 9.95. The van der Waals surface area contributed by atoms with E-state index in [4.69, 9.17) is 9.47 Å². The van der Waals surface area contributed by atoms with Crippen LogP contribution in [0.5, 0.6) is 11.5 Å². The quantitative estimate of drug-likeness (QED) is 0.390. The fourth-order valence-electron chi connectivity index (χ4n) is 4.17. The highest BCUT2D eigenvalue weighted by Gasteiger charge is 2.27. The van der Waals surface area contributed by atoms with Gasteiger partial charge in [-0.05, 0) is 68.1 Å². The number of hydrogen-bond acceptors (Lipinski definition) is 4. The first kappa shape index (κ1) is 26.1. The lowest BCUT2D eigenvalue weighted by Crippen LogP contribution is -2.50. The summed E-state index contributed by atoms with van der Waals surface area (Å²) in [6, 6.07) is 14.9. The third kappa shape index (κ3) is 8.05. The van der Waals surface area contributed by atoms with Crippen LogP contribution in [-0.2, 0) is 16.1 Å². The van der Waals surface area contributed by atoms with Crippen molar-refractivity contribution >= 4 is 27.7 Å². The zero-order chi connectivity index (χ0) is 24.3. The molecule has 1 unspecified atom stereocenters. The molecule has 0 saturated heterocycles. The molecule has 6 nitrogen and oxygen atoms in total. The van der Waals surface area contributed by atoms with Gasteiger partial charge < -0.3 is 19.7 Å². The van der Waals surface area contributed by atoms with Gasteiger partial charge in [0.2, 0.25) is 11.8 Å². The molecule has 0 bridgehead atoms. The molecule has 1 N–H and O–H groups in total. The predicted molar refractivity (Wildman–Crippen MR) is 137 cm³/mol. The van der Waals surface area contributed by atoms with Crippen molar-refractivity contribution < 1.29 is 19.1 Å². The normalized spacial score (nSPS) is 14.8. The van der Waals surface area contributed by atoms with Crippen LogP contribution in [0, 0.1) is 0 Å². The number of hydrogen-bond donors (Lipinski definition) is 1. The number of ether oxygens (including phenoxy) is 2. The second kappa shape index (κ2) is 13.4. The maximum atomic E-state index is 13.2. The fourth-order valence-corrected chi connectivity index (χ4v) is 4.43. The number of nitrogens with one attached hydrogen (secondary N) is 1. The maximum Gasteiger partial charge on any atom is 0.242 e. The fraction of sp³-hybridized carbons (Fsp3) is 0.481. The highest BCUT2D eigenvalue weighted by Crippen LogP contribution is 2.20. The van der Waals surface area contributed by atoms with Crippen LogP contribution in [0.1, 0.15) is 57.4 Å². The monoisotopic (exact) mass is 530 g/mol. The van der Waals surface area contributed by atoms with E-state index in [1.807, 2.05) is 55.5 Å². The van der Waals surface area contributed by atoms with Crippen molar-refractivity contribution in [2.75, 3.05) is 13.7 Å². The summed E-state index contributed by atoms with van der Waals surface area (Å²) in [7, 11) is 1.62. The van der Waals surface area contributed by atoms with Gasteiger partial charge in [0.1, 0.15) is 17.5 Å². The van der Waals surface area contributed by atoms with E-state index in [-0.39, 0.29) is 17.9 Å². The van der Waals surface area contributed by atoms with E-state index >= 15 is 0 Å². The van der Waals surface area contributed by atoms with Crippen LogP contribution in [0.15, 0.2) is 53.0 Å². The van der Waals surface area contributed by atoms with Gasteiger partial charge in [0.05, 0.1) is 13.7 Å². The van der Waals surface area contributed by atoms with Crippen LogP contribution in [0.2, 0.25) is 0 Å². The Morgan fingerprint density at radius 2 is 1.68 bits per heavy atom. The Balaban J connectivity index is 1.58. The molecule has 34 heavy (non-hydrogen) atoms. The molecule has 184 valence electrons. The smallest absolute Gasteiger partial charge is 0.242 e. The summed E-state index contributed by atoms with van der Waals surface area (Å²) in [5.74, 6) is 1.38. The van der Waals surface area contributed by atoms with Crippen molar-refractivity contribution in [3.05, 3.63) is 58.6 Å². The van der Waals surface area contributed by atoms with Gasteiger partial charge in [0, 0.05) is 23.5 Å². The standard InChI is InChI=1S/C27H35BrN2O4/c1-20(27(32)29-23-7-4-3-5-8-23)30(19-21-10-12-22(28)13-11-21)26(31)9-6-18-34-25-16-14-24(33-2)15-17-25/h10-17,20,23H,3-9,18-19H2,1-2H3,(H,29,32). The SMILES string of the molecule is COc1ccc(OCCCC(=O)N(Cc2ccc(Br)cc2)C(C)C(=O)NC2CCCCC2)cc1. The highest BCUT2D eigenvalue weighted by molar-refractivity contribution is 9.10. The van der Waals surface area contributed by atoms with E-state index in [0.29, 0.717) is 26.0 Å². The number of rotatable bonds is 11. The van der Waals surface area contributed by atoms with E-state index < -0.39 is 6.04 Å². The van der Waals surface area contributed by atoms with Crippen LogP contribution in [0.25, 0.3) is 0 Å². The minimum absolute atomic E-state index is 0.0486. The largest absolute Gasteiger partial charge is 0.497 e. The van der Waals surface area contributed by atoms with E-state index in [0.717, 1.165) is 47.2 Å². The summed E-state index contributed by atoms with van der Waals surface area (Å²) in [5.41, 5.74) is 0.989. The first-order chi connectivity index (χ1) is 16.5. The Labute approximate surface area is 211 Å². The average molecular weight is 531 g/mol. The number of methoxy groups -OCH3 is 1. The van der Waals surface area contributed by atoms with Crippen molar-refractivity contribution in [2.45, 2.75) is 70.5 Å². The second-order valence-electron chi connectivity index (χ2n) is 8.80. The summed E-state index contributed by atoms with van der Waals surface area (Å²) in [4.78, 5) is 27.9. The van der Waals surface area contributed by atoms with Gasteiger partial charge in [-0.1, -0.05) is 47.3 Å². The van der Waals surface area contributed by atoms with Gasteiger partial charge in [-0.3, -0.25) is 9.59 Å². The number of carbonyl (C=O) groups excluding carboxylic acids is 2. The minimum Gasteiger partial charge on any atom is -0.497 e. The van der Waals surface area contributed by atoms with Crippen molar-refractivity contribution in [1.82, 2.24) is 10.2 Å². The van der Waals surface area contributed by atoms with Gasteiger partial charge in [0.25, 0.3) is 0 Å². The number of nitrogens with zero attached hydrogens (tertiary/aromatic N) is 1. The van der Waals surface area contributed by atoms with E-state index in [9.17, 15) is 9.59 Å². The molecule has 1 aliphatic rings. The molecule has 3 rings (SSSR count). The molecule has 2 amide bonds. The molecule has 2 aromatic carbocycles. The number of carbonyl (C=O) groups is 2. The van der Waals surface area contributed by atoms with Crippen molar-refractivity contribution in [3.63, 3.8) is 0 Å².